The van der Waals surface area contributed by atoms with Crippen LogP contribution in [0.15, 0.2) is 30.5 Å². The summed E-state index contributed by atoms with van der Waals surface area (Å²) in [5.74, 6) is -0.0121. The molecule has 1 saturated heterocycles. The number of hydrogen-bond acceptors (Lipinski definition) is 8. The van der Waals surface area contributed by atoms with Crippen molar-refractivity contribution in [2.45, 2.75) is 6.92 Å². The molecule has 1 aliphatic heterocycles. The molecule has 1 aromatic heterocycles. The number of aromatic amines is 1. The number of amides is 2. The predicted molar refractivity (Wildman–Crippen MR) is 102 cm³/mol. The molecule has 2 heterocycles. The minimum absolute atomic E-state index is 0.152. The molecule has 11 heteroatoms. The van der Waals surface area contributed by atoms with E-state index in [4.69, 9.17) is 4.74 Å². The van der Waals surface area contributed by atoms with E-state index in [-0.39, 0.29) is 23.4 Å². The molecule has 0 radical (unpaired) electrons. The van der Waals surface area contributed by atoms with Crippen LogP contribution < -0.4 is 5.32 Å². The normalized spacial score (nSPS) is 14.3. The third-order valence-electron chi connectivity index (χ3n) is 4.33. The van der Waals surface area contributed by atoms with Crippen molar-refractivity contribution in [1.82, 2.24) is 30.4 Å². The Morgan fingerprint density at radius 1 is 1.28 bits per heavy atom. The molecule has 2 aromatic rings. The second kappa shape index (κ2) is 9.32. The van der Waals surface area contributed by atoms with Crippen LogP contribution in [0, 0.1) is 11.3 Å². The average Bonchev–Trinajstić information content (AvgIpc) is 3.29. The van der Waals surface area contributed by atoms with Crippen molar-refractivity contribution in [2.24, 2.45) is 0 Å². The van der Waals surface area contributed by atoms with Crippen molar-refractivity contribution in [2.75, 3.05) is 38.1 Å². The fourth-order valence-electron chi connectivity index (χ4n) is 2.85. The fraction of sp³-hybridized carbons (Fsp3) is 0.333. The number of para-hydroxylation sites is 1. The van der Waals surface area contributed by atoms with Crippen LogP contribution in [0.2, 0.25) is 0 Å². The second-order valence-electron chi connectivity index (χ2n) is 6.07. The number of aromatic nitrogens is 4. The number of rotatable bonds is 5. The molecule has 29 heavy (non-hydrogen) atoms. The zero-order chi connectivity index (χ0) is 20.6. The molecule has 0 unspecified atom stereocenters. The Bertz CT molecular complexity index is 927. The van der Waals surface area contributed by atoms with Gasteiger partial charge < -0.3 is 19.9 Å². The van der Waals surface area contributed by atoms with E-state index in [1.807, 2.05) is 6.07 Å². The lowest BCUT2D eigenvalue weighted by Gasteiger charge is -2.34. The third kappa shape index (κ3) is 4.67. The van der Waals surface area contributed by atoms with Gasteiger partial charge in [-0.1, -0.05) is 12.1 Å². The Kier molecular flexibility index (Phi) is 6.36. The number of H-pyrrole nitrogens is 1. The van der Waals surface area contributed by atoms with Crippen LogP contribution >= 0.6 is 0 Å². The van der Waals surface area contributed by atoms with Gasteiger partial charge in [0.15, 0.2) is 0 Å². The second-order valence-corrected chi connectivity index (χ2v) is 6.07. The summed E-state index contributed by atoms with van der Waals surface area (Å²) in [6.45, 7) is 3.72. The van der Waals surface area contributed by atoms with Crippen LogP contribution in [0.5, 0.6) is 0 Å². The van der Waals surface area contributed by atoms with Gasteiger partial charge in [0, 0.05) is 32.4 Å². The van der Waals surface area contributed by atoms with Gasteiger partial charge in [-0.25, -0.2) is 4.79 Å². The van der Waals surface area contributed by atoms with Crippen LogP contribution in [0.25, 0.3) is 5.57 Å². The molecule has 0 saturated carbocycles. The molecular weight excluding hydrogens is 376 g/mol. The number of anilines is 1. The lowest BCUT2D eigenvalue weighted by atomic mass is 10.1. The Morgan fingerprint density at radius 2 is 2.00 bits per heavy atom. The monoisotopic (exact) mass is 396 g/mol. The smallest absolute Gasteiger partial charge is 0.409 e. The predicted octanol–water partition coefficient (Wildman–Crippen LogP) is 1.09. The highest BCUT2D eigenvalue weighted by Crippen LogP contribution is 2.19. The molecule has 2 amide bonds. The van der Waals surface area contributed by atoms with Gasteiger partial charge in [0.05, 0.1) is 17.9 Å². The molecule has 0 aliphatic carbocycles. The highest BCUT2D eigenvalue weighted by Gasteiger charge is 2.26. The first-order valence-electron chi connectivity index (χ1n) is 9.04. The van der Waals surface area contributed by atoms with Crippen molar-refractivity contribution in [3.63, 3.8) is 0 Å². The van der Waals surface area contributed by atoms with Crippen molar-refractivity contribution in [3.8, 4) is 6.07 Å². The first-order chi connectivity index (χ1) is 14.1. The highest BCUT2D eigenvalue weighted by atomic mass is 16.6. The average molecular weight is 396 g/mol. The van der Waals surface area contributed by atoms with Gasteiger partial charge in [-0.3, -0.25) is 4.79 Å². The van der Waals surface area contributed by atoms with Crippen LogP contribution in [0.4, 0.5) is 10.5 Å². The molecule has 1 fully saturated rings. The number of allylic oxidation sites excluding steroid dienone is 1. The van der Waals surface area contributed by atoms with E-state index in [0.29, 0.717) is 44.0 Å². The van der Waals surface area contributed by atoms with E-state index in [2.05, 4.69) is 25.9 Å². The topological polar surface area (TPSA) is 140 Å². The van der Waals surface area contributed by atoms with E-state index in [9.17, 15) is 14.9 Å². The fourth-order valence-corrected chi connectivity index (χ4v) is 2.85. The molecule has 0 bridgehead atoms. The van der Waals surface area contributed by atoms with Crippen molar-refractivity contribution in [3.05, 3.63) is 41.9 Å². The Hall–Kier alpha value is -3.94. The highest BCUT2D eigenvalue weighted by molar-refractivity contribution is 6.00. The number of nitrogens with zero attached hydrogens (tertiary/aromatic N) is 6. The van der Waals surface area contributed by atoms with Gasteiger partial charge >= 0.3 is 6.09 Å². The van der Waals surface area contributed by atoms with Crippen molar-refractivity contribution < 1.29 is 14.3 Å². The SMILES string of the molecule is CCOC(=O)N1CCN(C(=O)c2ccccc2NC=C(C#N)c2nn[nH]n2)CC1. The van der Waals surface area contributed by atoms with Gasteiger partial charge in [0.1, 0.15) is 11.6 Å². The number of nitrogens with one attached hydrogen (secondary N) is 2. The van der Waals surface area contributed by atoms with Crippen molar-refractivity contribution >= 4 is 23.3 Å². The lowest BCUT2D eigenvalue weighted by Crippen LogP contribution is -2.50. The third-order valence-corrected chi connectivity index (χ3v) is 4.33. The number of tetrazole rings is 1. The van der Waals surface area contributed by atoms with Crippen LogP contribution in [0.1, 0.15) is 23.1 Å². The standard InChI is InChI=1S/C18H20N8O3/c1-2-29-18(28)26-9-7-25(8-10-26)17(27)14-5-3-4-6-15(14)20-12-13(11-19)16-21-23-24-22-16/h3-6,12,20H,2,7-10H2,1H3,(H,21,22,23,24). The van der Waals surface area contributed by atoms with Gasteiger partial charge in [0.25, 0.3) is 5.91 Å². The Labute approximate surface area is 166 Å². The van der Waals surface area contributed by atoms with E-state index >= 15 is 0 Å². The molecule has 2 N–H and O–H groups in total. The quantitative estimate of drug-likeness (QED) is 0.716. The van der Waals surface area contributed by atoms with Crippen LogP contribution in [-0.2, 0) is 4.74 Å². The summed E-state index contributed by atoms with van der Waals surface area (Å²) >= 11 is 0. The molecule has 3 rings (SSSR count). The van der Waals surface area contributed by atoms with Crippen LogP contribution in [-0.4, -0.2) is 75.2 Å². The Morgan fingerprint density at radius 3 is 2.66 bits per heavy atom. The summed E-state index contributed by atoms with van der Waals surface area (Å²) in [6.07, 6.45) is 1.06. The number of benzene rings is 1. The van der Waals surface area contributed by atoms with Gasteiger partial charge in [-0.15, -0.1) is 10.2 Å². The summed E-state index contributed by atoms with van der Waals surface area (Å²) in [5, 5.41) is 25.5. The van der Waals surface area contributed by atoms with Crippen molar-refractivity contribution in [1.29, 1.82) is 5.26 Å². The summed E-state index contributed by atoms with van der Waals surface area (Å²) in [5.41, 5.74) is 1.17. The number of ether oxygens (including phenoxy) is 1. The maximum atomic E-state index is 13.0. The largest absolute Gasteiger partial charge is 0.450 e. The summed E-state index contributed by atoms with van der Waals surface area (Å²) < 4.78 is 5.00. The number of hydrogen-bond donors (Lipinski definition) is 2. The number of carbonyl (C=O) groups excluding carboxylic acids is 2. The maximum absolute atomic E-state index is 13.0. The molecule has 1 aliphatic rings. The molecule has 11 nitrogen and oxygen atoms in total. The summed E-state index contributed by atoms with van der Waals surface area (Å²) in [4.78, 5) is 28.1. The van der Waals surface area contributed by atoms with Gasteiger partial charge in [-0.05, 0) is 24.3 Å². The van der Waals surface area contributed by atoms with Gasteiger partial charge in [-0.2, -0.15) is 10.5 Å². The minimum Gasteiger partial charge on any atom is -0.450 e. The zero-order valence-corrected chi connectivity index (χ0v) is 15.8. The van der Waals surface area contributed by atoms with Gasteiger partial charge in [0.2, 0.25) is 5.82 Å². The van der Waals surface area contributed by atoms with Crippen LogP contribution in [0.3, 0.4) is 0 Å². The lowest BCUT2D eigenvalue weighted by molar-refractivity contribution is 0.0571. The molecular formula is C18H20N8O3. The molecule has 0 atom stereocenters. The number of carbonyl (C=O) groups is 2. The van der Waals surface area contributed by atoms with E-state index in [0.717, 1.165) is 0 Å². The van der Waals surface area contributed by atoms with E-state index < -0.39 is 0 Å². The Balaban J connectivity index is 1.70. The minimum atomic E-state index is -0.364. The first kappa shape index (κ1) is 19.8. The van der Waals surface area contributed by atoms with E-state index in [1.54, 1.807) is 41.0 Å². The number of nitriles is 1. The summed E-state index contributed by atoms with van der Waals surface area (Å²) in [7, 11) is 0. The van der Waals surface area contributed by atoms with E-state index in [1.165, 1.54) is 6.20 Å². The molecule has 0 spiro atoms. The summed E-state index contributed by atoms with van der Waals surface area (Å²) in [6, 6.07) is 8.98. The molecule has 150 valence electrons. The molecule has 1 aromatic carbocycles. The maximum Gasteiger partial charge on any atom is 0.409 e. The zero-order valence-electron chi connectivity index (χ0n) is 15.8. The number of piperazine rings is 1. The first-order valence-corrected chi connectivity index (χ1v) is 9.04.